The van der Waals surface area contributed by atoms with Crippen molar-refractivity contribution in [3.8, 4) is 10.6 Å². The zero-order valence-corrected chi connectivity index (χ0v) is 12.8. The van der Waals surface area contributed by atoms with Crippen LogP contribution in [0, 0.1) is 12.7 Å². The van der Waals surface area contributed by atoms with Crippen LogP contribution in [0.1, 0.15) is 35.5 Å². The van der Waals surface area contributed by atoms with Gasteiger partial charge in [-0.15, -0.1) is 0 Å². The van der Waals surface area contributed by atoms with Crippen molar-refractivity contribution in [1.82, 2.24) is 14.7 Å². The van der Waals surface area contributed by atoms with Gasteiger partial charge in [-0.2, -0.15) is 4.37 Å². The number of aryl methyl sites for hydroxylation is 1. The summed E-state index contributed by atoms with van der Waals surface area (Å²) in [4.78, 5) is 17.1. The number of aromatic nitrogens is 2. The quantitative estimate of drug-likeness (QED) is 0.915. The number of hydrogen-bond acceptors (Lipinski definition) is 5. The fourth-order valence-electron chi connectivity index (χ4n) is 2.30. The van der Waals surface area contributed by atoms with E-state index in [1.54, 1.807) is 0 Å². The number of hydrogen-bond donors (Lipinski definition) is 2. The lowest BCUT2D eigenvalue weighted by Gasteiger charge is -2.14. The Morgan fingerprint density at radius 2 is 2.24 bits per heavy atom. The van der Waals surface area contributed by atoms with E-state index in [0.717, 1.165) is 10.6 Å². The van der Waals surface area contributed by atoms with Gasteiger partial charge in [0.05, 0.1) is 21.8 Å². The van der Waals surface area contributed by atoms with Crippen LogP contribution in [0.2, 0.25) is 0 Å². The molecule has 21 heavy (non-hydrogen) atoms. The number of carbonyl (C=O) groups excluding carboxylic acids is 1. The number of fused-ring (bicyclic) bond motifs is 1. The van der Waals surface area contributed by atoms with Gasteiger partial charge in [0.15, 0.2) is 11.6 Å². The molecule has 0 unspecified atom stereocenters. The molecule has 0 atom stereocenters. The largest absolute Gasteiger partial charge is 0.365 e. The molecule has 1 aliphatic heterocycles. The number of amides is 1. The lowest BCUT2D eigenvalue weighted by Crippen LogP contribution is -2.15. The number of anilines is 1. The first-order valence-electron chi connectivity index (χ1n) is 6.68. The van der Waals surface area contributed by atoms with Crippen molar-refractivity contribution < 1.29 is 9.18 Å². The first-order valence-corrected chi connectivity index (χ1v) is 7.45. The Bertz CT molecular complexity index is 726. The summed E-state index contributed by atoms with van der Waals surface area (Å²) in [7, 11) is 0. The molecule has 0 saturated carbocycles. The van der Waals surface area contributed by atoms with Gasteiger partial charge >= 0.3 is 0 Å². The Morgan fingerprint density at radius 1 is 1.48 bits per heavy atom. The Hall–Kier alpha value is -2.02. The number of nitrogens with one attached hydrogen (secondary N) is 2. The molecule has 1 amide bonds. The van der Waals surface area contributed by atoms with Gasteiger partial charge in [-0.1, -0.05) is 0 Å². The normalized spacial score (nSPS) is 13.5. The highest BCUT2D eigenvalue weighted by atomic mass is 32.1. The van der Waals surface area contributed by atoms with Gasteiger partial charge in [0.1, 0.15) is 0 Å². The van der Waals surface area contributed by atoms with E-state index < -0.39 is 5.82 Å². The number of halogens is 1. The second-order valence-electron chi connectivity index (χ2n) is 5.29. The molecule has 3 rings (SSSR count). The highest BCUT2D eigenvalue weighted by molar-refractivity contribution is 7.09. The molecule has 7 heteroatoms. The predicted molar refractivity (Wildman–Crippen MR) is 80.0 cm³/mol. The summed E-state index contributed by atoms with van der Waals surface area (Å²) in [5.41, 5.74) is 2.05. The Morgan fingerprint density at radius 3 is 2.86 bits per heavy atom. The molecule has 2 aromatic heterocycles. The van der Waals surface area contributed by atoms with Crippen LogP contribution in [0.25, 0.3) is 10.6 Å². The molecule has 0 bridgehead atoms. The van der Waals surface area contributed by atoms with E-state index in [0.29, 0.717) is 16.8 Å². The molecule has 0 aromatic carbocycles. The third-order valence-electron chi connectivity index (χ3n) is 3.17. The van der Waals surface area contributed by atoms with Crippen molar-refractivity contribution in [1.29, 1.82) is 0 Å². The number of nitrogens with zero attached hydrogens (tertiary/aromatic N) is 2. The van der Waals surface area contributed by atoms with Gasteiger partial charge in [0, 0.05) is 18.2 Å². The second-order valence-corrected chi connectivity index (χ2v) is 6.10. The second kappa shape index (κ2) is 5.07. The molecule has 2 N–H and O–H groups in total. The van der Waals surface area contributed by atoms with E-state index in [4.69, 9.17) is 0 Å². The summed E-state index contributed by atoms with van der Waals surface area (Å²) in [5, 5.41) is 5.65. The first-order chi connectivity index (χ1) is 9.97. The summed E-state index contributed by atoms with van der Waals surface area (Å²) >= 11 is 1.26. The summed E-state index contributed by atoms with van der Waals surface area (Å²) in [6.45, 7) is 5.89. The average Bonchev–Trinajstić information content (AvgIpc) is 3.00. The standard InChI is InChI=1S/C14H15FN4OS/c1-6(2)17-13-11(15)8-5-16-14(20)10(8)12(18-13)9-4-7(3)19-21-9/h4,6H,5H2,1-3H3,(H,16,20)(H,17,18). The highest BCUT2D eigenvalue weighted by Gasteiger charge is 2.30. The van der Waals surface area contributed by atoms with Crippen molar-refractivity contribution in [2.45, 2.75) is 33.4 Å². The molecular formula is C14H15FN4OS. The minimum absolute atomic E-state index is 0.0474. The topological polar surface area (TPSA) is 66.9 Å². The van der Waals surface area contributed by atoms with Gasteiger partial charge in [-0.05, 0) is 38.4 Å². The molecule has 2 aromatic rings. The summed E-state index contributed by atoms with van der Waals surface area (Å²) in [6, 6.07) is 1.90. The minimum atomic E-state index is -0.456. The molecule has 0 aliphatic carbocycles. The fourth-order valence-corrected chi connectivity index (χ4v) is 3.06. The van der Waals surface area contributed by atoms with E-state index >= 15 is 0 Å². The van der Waals surface area contributed by atoms with E-state index in [1.165, 1.54) is 11.5 Å². The van der Waals surface area contributed by atoms with Gasteiger partial charge < -0.3 is 10.6 Å². The van der Waals surface area contributed by atoms with Crippen LogP contribution in [0.15, 0.2) is 6.07 Å². The van der Waals surface area contributed by atoms with E-state index in [1.807, 2.05) is 26.8 Å². The summed E-state index contributed by atoms with van der Waals surface area (Å²) in [5.74, 6) is -0.558. The molecule has 0 saturated heterocycles. The molecule has 110 valence electrons. The molecule has 5 nitrogen and oxygen atoms in total. The molecule has 0 radical (unpaired) electrons. The van der Waals surface area contributed by atoms with Gasteiger partial charge in [0.25, 0.3) is 5.91 Å². The maximum absolute atomic E-state index is 14.5. The maximum atomic E-state index is 14.5. The zero-order valence-electron chi connectivity index (χ0n) is 12.0. The van der Waals surface area contributed by atoms with Crippen LogP contribution >= 0.6 is 11.5 Å². The van der Waals surface area contributed by atoms with E-state index in [2.05, 4.69) is 20.0 Å². The van der Waals surface area contributed by atoms with Crippen LogP contribution < -0.4 is 10.6 Å². The smallest absolute Gasteiger partial charge is 0.254 e. The molecular weight excluding hydrogens is 291 g/mol. The molecule has 3 heterocycles. The third-order valence-corrected chi connectivity index (χ3v) is 4.06. The average molecular weight is 306 g/mol. The SMILES string of the molecule is Cc1cc(-c2nc(NC(C)C)c(F)c3c2C(=O)NC3)sn1. The predicted octanol–water partition coefficient (Wildman–Crippen LogP) is 2.72. The van der Waals surface area contributed by atoms with Crippen LogP contribution in [0.5, 0.6) is 0 Å². The van der Waals surface area contributed by atoms with Crippen molar-refractivity contribution in [3.05, 3.63) is 28.7 Å². The maximum Gasteiger partial charge on any atom is 0.254 e. The molecule has 0 fully saturated rings. The fraction of sp³-hybridized carbons (Fsp3) is 0.357. The number of pyridine rings is 1. The lowest BCUT2D eigenvalue weighted by molar-refractivity contribution is 0.0966. The van der Waals surface area contributed by atoms with Crippen LogP contribution in [0.4, 0.5) is 10.2 Å². The zero-order chi connectivity index (χ0) is 15.1. The van der Waals surface area contributed by atoms with Crippen molar-refractivity contribution in [3.63, 3.8) is 0 Å². The third kappa shape index (κ3) is 2.37. The van der Waals surface area contributed by atoms with Gasteiger partial charge in [-0.3, -0.25) is 4.79 Å². The Kier molecular flexibility index (Phi) is 3.36. The number of carbonyl (C=O) groups is 1. The van der Waals surface area contributed by atoms with Crippen LogP contribution in [0.3, 0.4) is 0 Å². The van der Waals surface area contributed by atoms with Crippen LogP contribution in [-0.2, 0) is 6.54 Å². The summed E-state index contributed by atoms with van der Waals surface area (Å²) in [6.07, 6.45) is 0. The van der Waals surface area contributed by atoms with Crippen molar-refractivity contribution in [2.24, 2.45) is 0 Å². The minimum Gasteiger partial charge on any atom is -0.365 e. The Balaban J connectivity index is 2.22. The van der Waals surface area contributed by atoms with Crippen molar-refractivity contribution >= 4 is 23.3 Å². The Labute approximate surface area is 125 Å². The summed E-state index contributed by atoms with van der Waals surface area (Å²) < 4.78 is 18.7. The van der Waals surface area contributed by atoms with E-state index in [9.17, 15) is 9.18 Å². The molecule has 0 spiro atoms. The molecule has 1 aliphatic rings. The van der Waals surface area contributed by atoms with Crippen molar-refractivity contribution in [2.75, 3.05) is 5.32 Å². The van der Waals surface area contributed by atoms with Crippen LogP contribution in [-0.4, -0.2) is 21.3 Å². The first kappa shape index (κ1) is 13.9. The highest BCUT2D eigenvalue weighted by Crippen LogP contribution is 2.34. The van der Waals surface area contributed by atoms with Gasteiger partial charge in [-0.25, -0.2) is 9.37 Å². The number of rotatable bonds is 3. The lowest BCUT2D eigenvalue weighted by atomic mass is 10.1. The monoisotopic (exact) mass is 306 g/mol. The van der Waals surface area contributed by atoms with Gasteiger partial charge in [0.2, 0.25) is 0 Å². The van der Waals surface area contributed by atoms with E-state index in [-0.39, 0.29) is 24.3 Å².